The Morgan fingerprint density at radius 2 is 2.17 bits per heavy atom. The molecule has 1 saturated carbocycles. The van der Waals surface area contributed by atoms with E-state index in [0.29, 0.717) is 6.54 Å². The van der Waals surface area contributed by atoms with Crippen molar-refractivity contribution in [3.05, 3.63) is 29.8 Å². The summed E-state index contributed by atoms with van der Waals surface area (Å²) in [7, 11) is 3.33. The molecule has 1 aromatic rings. The van der Waals surface area contributed by atoms with Crippen LogP contribution in [0.4, 0.5) is 0 Å². The van der Waals surface area contributed by atoms with Gasteiger partial charge in [-0.15, -0.1) is 0 Å². The van der Waals surface area contributed by atoms with Crippen molar-refractivity contribution in [3.8, 4) is 5.75 Å². The number of benzene rings is 1. The van der Waals surface area contributed by atoms with Crippen LogP contribution in [0.25, 0.3) is 0 Å². The number of carbonyl (C=O) groups is 1. The second-order valence-corrected chi connectivity index (χ2v) is 6.19. The van der Waals surface area contributed by atoms with E-state index in [9.17, 15) is 4.79 Å². The SMILES string of the molecule is COc1cccc(CCCNC(=O)[C@H]2CC[C@@H](N)[C@H](OC)C2)c1. The second kappa shape index (κ2) is 8.89. The highest BCUT2D eigenvalue weighted by Gasteiger charge is 2.31. The average molecular weight is 320 g/mol. The predicted octanol–water partition coefficient (Wildman–Crippen LogP) is 1.89. The summed E-state index contributed by atoms with van der Waals surface area (Å²) in [4.78, 5) is 12.3. The number of aryl methyl sites for hydroxylation is 1. The number of methoxy groups -OCH3 is 2. The van der Waals surface area contributed by atoms with Gasteiger partial charge in [-0.05, 0) is 49.8 Å². The number of nitrogens with two attached hydrogens (primary N) is 1. The van der Waals surface area contributed by atoms with E-state index < -0.39 is 0 Å². The lowest BCUT2D eigenvalue weighted by Gasteiger charge is -2.32. The third-order valence-corrected chi connectivity index (χ3v) is 4.59. The van der Waals surface area contributed by atoms with Gasteiger partial charge in [-0.1, -0.05) is 12.1 Å². The molecule has 0 saturated heterocycles. The van der Waals surface area contributed by atoms with E-state index in [0.717, 1.165) is 37.9 Å². The zero-order chi connectivity index (χ0) is 16.7. The molecule has 3 N–H and O–H groups in total. The minimum Gasteiger partial charge on any atom is -0.497 e. The van der Waals surface area contributed by atoms with E-state index in [1.807, 2.05) is 18.2 Å². The number of ether oxygens (including phenoxy) is 2. The maximum absolute atomic E-state index is 12.3. The van der Waals surface area contributed by atoms with Crippen LogP contribution in [0.15, 0.2) is 24.3 Å². The Morgan fingerprint density at radius 1 is 1.35 bits per heavy atom. The molecule has 0 aromatic heterocycles. The van der Waals surface area contributed by atoms with Gasteiger partial charge in [0.15, 0.2) is 0 Å². The second-order valence-electron chi connectivity index (χ2n) is 6.19. The first-order chi connectivity index (χ1) is 11.1. The third-order valence-electron chi connectivity index (χ3n) is 4.59. The molecule has 1 aliphatic carbocycles. The Kier molecular flexibility index (Phi) is 6.86. The molecule has 1 amide bonds. The van der Waals surface area contributed by atoms with Crippen LogP contribution in [0, 0.1) is 5.92 Å². The average Bonchev–Trinajstić information content (AvgIpc) is 2.59. The van der Waals surface area contributed by atoms with Gasteiger partial charge in [0.25, 0.3) is 0 Å². The highest BCUT2D eigenvalue weighted by Crippen LogP contribution is 2.25. The Morgan fingerprint density at radius 3 is 2.91 bits per heavy atom. The number of hydrogen-bond donors (Lipinski definition) is 2. The van der Waals surface area contributed by atoms with Crippen LogP contribution < -0.4 is 15.8 Å². The fraction of sp³-hybridized carbons (Fsp3) is 0.611. The number of amides is 1. The summed E-state index contributed by atoms with van der Waals surface area (Å²) >= 11 is 0. The molecule has 2 rings (SSSR count). The lowest BCUT2D eigenvalue weighted by Crippen LogP contribution is -2.45. The monoisotopic (exact) mass is 320 g/mol. The van der Waals surface area contributed by atoms with Gasteiger partial charge in [-0.2, -0.15) is 0 Å². The van der Waals surface area contributed by atoms with Crippen LogP contribution in [0.2, 0.25) is 0 Å². The summed E-state index contributed by atoms with van der Waals surface area (Å²) in [5.41, 5.74) is 7.22. The highest BCUT2D eigenvalue weighted by atomic mass is 16.5. The molecule has 5 heteroatoms. The van der Waals surface area contributed by atoms with E-state index in [2.05, 4.69) is 11.4 Å². The van der Waals surface area contributed by atoms with Gasteiger partial charge in [-0.3, -0.25) is 4.79 Å². The van der Waals surface area contributed by atoms with Crippen molar-refractivity contribution in [1.82, 2.24) is 5.32 Å². The highest BCUT2D eigenvalue weighted by molar-refractivity contribution is 5.78. The largest absolute Gasteiger partial charge is 0.497 e. The van der Waals surface area contributed by atoms with Gasteiger partial charge in [0.1, 0.15) is 5.75 Å². The van der Waals surface area contributed by atoms with Crippen LogP contribution in [0.5, 0.6) is 5.75 Å². The van der Waals surface area contributed by atoms with E-state index in [1.165, 1.54) is 5.56 Å². The summed E-state index contributed by atoms with van der Waals surface area (Å²) in [6.07, 6.45) is 4.26. The predicted molar refractivity (Wildman–Crippen MR) is 90.4 cm³/mol. The van der Waals surface area contributed by atoms with E-state index in [4.69, 9.17) is 15.2 Å². The van der Waals surface area contributed by atoms with Gasteiger partial charge >= 0.3 is 0 Å². The van der Waals surface area contributed by atoms with E-state index in [1.54, 1.807) is 14.2 Å². The molecule has 1 fully saturated rings. The molecule has 0 bridgehead atoms. The minimum absolute atomic E-state index is 0.00344. The molecule has 1 aromatic carbocycles. The molecule has 0 aliphatic heterocycles. The molecule has 128 valence electrons. The molecule has 1 aliphatic rings. The lowest BCUT2D eigenvalue weighted by atomic mass is 9.83. The normalized spacial score (nSPS) is 24.2. The van der Waals surface area contributed by atoms with Gasteiger partial charge in [0.05, 0.1) is 13.2 Å². The Labute approximate surface area is 138 Å². The van der Waals surface area contributed by atoms with Gasteiger partial charge in [0, 0.05) is 25.6 Å². The van der Waals surface area contributed by atoms with Crippen LogP contribution in [0.3, 0.4) is 0 Å². The number of carbonyl (C=O) groups excluding carboxylic acids is 1. The molecule has 5 nitrogen and oxygen atoms in total. The summed E-state index contributed by atoms with van der Waals surface area (Å²) in [6.45, 7) is 0.691. The maximum Gasteiger partial charge on any atom is 0.223 e. The van der Waals surface area contributed by atoms with Crippen LogP contribution in [0.1, 0.15) is 31.2 Å². The molecule has 0 spiro atoms. The van der Waals surface area contributed by atoms with Crippen LogP contribution >= 0.6 is 0 Å². The number of rotatable bonds is 7. The Hall–Kier alpha value is -1.59. The number of nitrogens with one attached hydrogen (secondary N) is 1. The molecule has 0 radical (unpaired) electrons. The lowest BCUT2D eigenvalue weighted by molar-refractivity contribution is -0.127. The zero-order valence-electron chi connectivity index (χ0n) is 14.1. The summed E-state index contributed by atoms with van der Waals surface area (Å²) in [6, 6.07) is 8.09. The Bertz CT molecular complexity index is 507. The van der Waals surface area contributed by atoms with Crippen molar-refractivity contribution in [2.75, 3.05) is 20.8 Å². The van der Waals surface area contributed by atoms with Crippen molar-refractivity contribution in [2.24, 2.45) is 11.7 Å². The quantitative estimate of drug-likeness (QED) is 0.753. The van der Waals surface area contributed by atoms with Crippen molar-refractivity contribution < 1.29 is 14.3 Å². The van der Waals surface area contributed by atoms with Crippen molar-refractivity contribution in [1.29, 1.82) is 0 Å². The van der Waals surface area contributed by atoms with Gasteiger partial charge < -0.3 is 20.5 Å². The topological polar surface area (TPSA) is 73.6 Å². The summed E-state index contributed by atoms with van der Waals surface area (Å²) in [5, 5.41) is 3.04. The maximum atomic E-state index is 12.3. The fourth-order valence-electron chi connectivity index (χ4n) is 3.14. The fourth-order valence-corrected chi connectivity index (χ4v) is 3.14. The summed E-state index contributed by atoms with van der Waals surface area (Å²) < 4.78 is 10.6. The molecule has 0 heterocycles. The standard InChI is InChI=1S/C18H28N2O3/c1-22-15-7-3-5-13(11-15)6-4-10-20-18(21)14-8-9-16(19)17(12-14)23-2/h3,5,7,11,14,16-17H,4,6,8-10,12,19H2,1-2H3,(H,20,21)/t14-,16+,17+/m0/s1. The first kappa shape index (κ1) is 17.8. The smallest absolute Gasteiger partial charge is 0.223 e. The molecular formula is C18H28N2O3. The Balaban J connectivity index is 1.70. The van der Waals surface area contributed by atoms with Gasteiger partial charge in [-0.25, -0.2) is 0 Å². The molecular weight excluding hydrogens is 292 g/mol. The number of hydrogen-bond acceptors (Lipinski definition) is 4. The molecule has 0 unspecified atom stereocenters. The van der Waals surface area contributed by atoms with Crippen molar-refractivity contribution >= 4 is 5.91 Å². The molecule has 3 atom stereocenters. The first-order valence-electron chi connectivity index (χ1n) is 8.33. The van der Waals surface area contributed by atoms with Crippen molar-refractivity contribution in [2.45, 2.75) is 44.2 Å². The summed E-state index contributed by atoms with van der Waals surface area (Å²) in [5.74, 6) is 1.02. The zero-order valence-corrected chi connectivity index (χ0v) is 14.1. The van der Waals surface area contributed by atoms with Crippen molar-refractivity contribution in [3.63, 3.8) is 0 Å². The van der Waals surface area contributed by atoms with E-state index in [-0.39, 0.29) is 24.0 Å². The van der Waals surface area contributed by atoms with Gasteiger partial charge in [0.2, 0.25) is 5.91 Å². The van der Waals surface area contributed by atoms with Crippen LogP contribution in [-0.4, -0.2) is 38.8 Å². The minimum atomic E-state index is -0.00344. The van der Waals surface area contributed by atoms with Crippen LogP contribution in [-0.2, 0) is 16.0 Å². The molecule has 23 heavy (non-hydrogen) atoms. The van der Waals surface area contributed by atoms with E-state index >= 15 is 0 Å². The first-order valence-corrected chi connectivity index (χ1v) is 8.33. The third kappa shape index (κ3) is 5.22.